The van der Waals surface area contributed by atoms with Crippen LogP contribution in [0.5, 0.6) is 0 Å². The molecule has 11 nitrogen and oxygen atoms in total. The molecule has 2 atom stereocenters. The van der Waals surface area contributed by atoms with Crippen molar-refractivity contribution in [3.05, 3.63) is 0 Å². The van der Waals surface area contributed by atoms with Gasteiger partial charge in [-0.15, -0.1) is 0 Å². The predicted molar refractivity (Wildman–Crippen MR) is 250 cm³/mol. The van der Waals surface area contributed by atoms with E-state index >= 15 is 0 Å². The van der Waals surface area contributed by atoms with E-state index in [0.29, 0.717) is 38.6 Å². The van der Waals surface area contributed by atoms with Gasteiger partial charge in [0, 0.05) is 32.1 Å². The predicted octanol–water partition coefficient (Wildman–Crippen LogP) is 12.7. The summed E-state index contributed by atoms with van der Waals surface area (Å²) in [5, 5.41) is 0. The minimum atomic E-state index is -1.38. The highest BCUT2D eigenvalue weighted by molar-refractivity contribution is 5.72. The third kappa shape index (κ3) is 37.8. The lowest BCUT2D eigenvalue weighted by Gasteiger charge is -2.32. The second-order valence-corrected chi connectivity index (χ2v) is 17.8. The van der Waals surface area contributed by atoms with Crippen molar-refractivity contribution >= 4 is 29.8 Å². The summed E-state index contributed by atoms with van der Waals surface area (Å²) in [5.74, 6) is -2.52. The first kappa shape index (κ1) is 59.3. The summed E-state index contributed by atoms with van der Waals surface area (Å²) in [6.45, 7) is 8.56. The summed E-state index contributed by atoms with van der Waals surface area (Å²) >= 11 is 0. The third-order valence-corrected chi connectivity index (χ3v) is 11.3. The number of esters is 5. The van der Waals surface area contributed by atoms with E-state index in [4.69, 9.17) is 23.7 Å². The van der Waals surface area contributed by atoms with Crippen molar-refractivity contribution in [2.75, 3.05) is 33.9 Å². The fourth-order valence-corrected chi connectivity index (χ4v) is 7.39. The number of unbranched alkanes of at least 4 members (excludes halogenated alkanes) is 24. The molecule has 364 valence electrons. The van der Waals surface area contributed by atoms with E-state index in [1.54, 1.807) is 0 Å². The lowest BCUT2D eigenvalue weighted by Crippen LogP contribution is -2.50. The maximum Gasteiger partial charge on any atom is 0.306 e. The van der Waals surface area contributed by atoms with Crippen molar-refractivity contribution in [1.82, 2.24) is 4.90 Å². The summed E-state index contributed by atoms with van der Waals surface area (Å²) in [4.78, 5) is 68.7. The minimum Gasteiger partial charge on any atom is -0.462 e. The largest absolute Gasteiger partial charge is 0.462 e. The van der Waals surface area contributed by atoms with Gasteiger partial charge in [0.1, 0.15) is 13.2 Å². The highest BCUT2D eigenvalue weighted by Crippen LogP contribution is 2.21. The highest BCUT2D eigenvalue weighted by Gasteiger charge is 2.40. The van der Waals surface area contributed by atoms with Crippen LogP contribution >= 0.6 is 0 Å². The van der Waals surface area contributed by atoms with Crippen molar-refractivity contribution < 1.29 is 47.7 Å². The molecule has 0 radical (unpaired) electrons. The molecule has 0 amide bonds. The molecule has 0 aliphatic rings. The van der Waals surface area contributed by atoms with E-state index in [2.05, 4.69) is 27.7 Å². The molecular weight excluding hydrogens is 787 g/mol. The van der Waals surface area contributed by atoms with Crippen LogP contribution in [0.3, 0.4) is 0 Å². The highest BCUT2D eigenvalue weighted by atomic mass is 16.6. The van der Waals surface area contributed by atoms with Crippen LogP contribution in [0.15, 0.2) is 0 Å². The van der Waals surface area contributed by atoms with Crippen molar-refractivity contribution in [2.45, 2.75) is 264 Å². The first-order valence-corrected chi connectivity index (χ1v) is 25.6. The third-order valence-electron chi connectivity index (χ3n) is 11.3. The van der Waals surface area contributed by atoms with Gasteiger partial charge in [-0.25, -0.2) is 0 Å². The average molecular weight is 882 g/mol. The van der Waals surface area contributed by atoms with Gasteiger partial charge in [-0.05, 0) is 52.7 Å². The van der Waals surface area contributed by atoms with Crippen LogP contribution in [0.2, 0.25) is 0 Å². The Morgan fingerprint density at radius 3 is 0.903 bits per heavy atom. The summed E-state index contributed by atoms with van der Waals surface area (Å²) in [6, 6.07) is 0. The van der Waals surface area contributed by atoms with Gasteiger partial charge in [0.2, 0.25) is 0 Å². The number of hydrogen-bond donors (Lipinski definition) is 0. The molecule has 0 N–H and O–H groups in total. The second kappa shape index (κ2) is 43.6. The summed E-state index contributed by atoms with van der Waals surface area (Å²) in [5.41, 5.74) is 0. The number of ether oxygens (including phenoxy) is 5. The van der Waals surface area contributed by atoms with Crippen molar-refractivity contribution in [3.63, 3.8) is 0 Å². The molecular formula is C51H95NO10. The van der Waals surface area contributed by atoms with Gasteiger partial charge in [-0.1, -0.05) is 182 Å². The quantitative estimate of drug-likeness (QED) is 0.0328. The molecule has 0 rings (SSSR count). The summed E-state index contributed by atoms with van der Waals surface area (Å²) in [6.07, 6.45) is 26.2. The Labute approximate surface area is 379 Å². The molecule has 2 unspecified atom stereocenters. The normalized spacial score (nSPS) is 12.8. The molecule has 0 aromatic carbocycles. The number of hydrogen-bond acceptors (Lipinski definition) is 11. The monoisotopic (exact) mass is 882 g/mol. The first-order valence-electron chi connectivity index (χ1n) is 25.6. The number of carbonyl (C=O) groups is 5. The fourth-order valence-electron chi connectivity index (χ4n) is 7.39. The Hall–Kier alpha value is -2.69. The molecule has 0 aliphatic carbocycles. The molecule has 0 heterocycles. The average Bonchev–Trinajstić information content (AvgIpc) is 3.24. The molecule has 0 aliphatic heterocycles. The van der Waals surface area contributed by atoms with E-state index in [1.165, 1.54) is 51.4 Å². The molecule has 0 aromatic heterocycles. The minimum absolute atomic E-state index is 0.0577. The number of nitrogens with zero attached hydrogens (tertiary/aromatic N) is 1. The second-order valence-electron chi connectivity index (χ2n) is 17.8. The van der Waals surface area contributed by atoms with E-state index in [9.17, 15) is 24.0 Å². The molecule has 62 heavy (non-hydrogen) atoms. The Morgan fingerprint density at radius 1 is 0.339 bits per heavy atom. The van der Waals surface area contributed by atoms with Gasteiger partial charge < -0.3 is 28.6 Å². The van der Waals surface area contributed by atoms with E-state index in [-0.39, 0.29) is 32.1 Å². The zero-order valence-electron chi connectivity index (χ0n) is 40.9. The number of carbonyl (C=O) groups excluding carboxylic acids is 5. The summed E-state index contributed by atoms with van der Waals surface area (Å²) in [7, 11) is 3.83. The molecule has 0 aromatic rings. The Balaban J connectivity index is 6.34. The van der Waals surface area contributed by atoms with Crippen LogP contribution in [0.4, 0.5) is 0 Å². The summed E-state index contributed by atoms with van der Waals surface area (Å²) < 4.78 is 29.6. The maximum atomic E-state index is 13.5. The fraction of sp³-hybridized carbons (Fsp3) is 0.902. The topological polar surface area (TPSA) is 135 Å². The van der Waals surface area contributed by atoms with Gasteiger partial charge in [0.05, 0.1) is 0 Å². The van der Waals surface area contributed by atoms with Gasteiger partial charge in [0.15, 0.2) is 18.3 Å². The SMILES string of the molecule is CCCCCCCCCC(=O)OCC(OC(=O)CCCCCCCCC)C(OC(=O)CCCN(C)C)C(COC(=O)CCCCCCCCC)OC(=O)CCCCCCCCC. The van der Waals surface area contributed by atoms with Crippen LogP contribution in [0.25, 0.3) is 0 Å². The number of rotatable bonds is 45. The molecule has 11 heteroatoms. The zero-order chi connectivity index (χ0) is 45.9. The Bertz CT molecular complexity index is 1030. The molecule has 0 bridgehead atoms. The zero-order valence-corrected chi connectivity index (χ0v) is 40.9. The smallest absolute Gasteiger partial charge is 0.306 e. The van der Waals surface area contributed by atoms with E-state index < -0.39 is 61.4 Å². The molecule has 0 saturated carbocycles. The Kier molecular flexibility index (Phi) is 41.7. The van der Waals surface area contributed by atoms with Crippen molar-refractivity contribution in [3.8, 4) is 0 Å². The first-order chi connectivity index (χ1) is 30.1. The van der Waals surface area contributed by atoms with Crippen molar-refractivity contribution in [1.29, 1.82) is 0 Å². The lowest BCUT2D eigenvalue weighted by atomic mass is 10.1. The molecule has 0 saturated heterocycles. The molecule has 0 spiro atoms. The van der Waals surface area contributed by atoms with Gasteiger partial charge in [-0.2, -0.15) is 0 Å². The Morgan fingerprint density at radius 2 is 0.597 bits per heavy atom. The molecule has 0 fully saturated rings. The van der Waals surface area contributed by atoms with Crippen LogP contribution in [-0.4, -0.2) is 86.9 Å². The van der Waals surface area contributed by atoms with E-state index in [1.807, 2.05) is 19.0 Å². The maximum absolute atomic E-state index is 13.5. The van der Waals surface area contributed by atoms with Crippen LogP contribution in [0.1, 0.15) is 246 Å². The van der Waals surface area contributed by atoms with Gasteiger partial charge in [-0.3, -0.25) is 24.0 Å². The van der Waals surface area contributed by atoms with Crippen LogP contribution in [-0.2, 0) is 47.7 Å². The van der Waals surface area contributed by atoms with Crippen LogP contribution in [0, 0.1) is 0 Å². The van der Waals surface area contributed by atoms with E-state index in [0.717, 1.165) is 103 Å². The standard InChI is InChI=1S/C51H95NO10/c1-7-11-15-19-23-27-31-36-46(53)58-42-44(60-48(55)38-33-29-25-21-17-13-9-3)51(62-50(57)40-35-41-52(5)6)45(61-49(56)39-34-30-26-22-18-14-10-4)43-59-47(54)37-32-28-24-20-16-12-8-2/h44-45,51H,7-43H2,1-6H3. The van der Waals surface area contributed by atoms with Crippen LogP contribution < -0.4 is 0 Å². The van der Waals surface area contributed by atoms with Gasteiger partial charge >= 0.3 is 29.8 Å². The van der Waals surface area contributed by atoms with Gasteiger partial charge in [0.25, 0.3) is 0 Å². The lowest BCUT2D eigenvalue weighted by molar-refractivity contribution is -0.197. The van der Waals surface area contributed by atoms with Crippen molar-refractivity contribution in [2.24, 2.45) is 0 Å².